The van der Waals surface area contributed by atoms with E-state index >= 15 is 0 Å². The van der Waals surface area contributed by atoms with Crippen LogP contribution in [-0.2, 0) is 20.0 Å². The Morgan fingerprint density at radius 1 is 1.14 bits per heavy atom. The number of fused-ring (bicyclic) bond motifs is 3. The summed E-state index contributed by atoms with van der Waals surface area (Å²) in [5.41, 5.74) is 2.40. The number of nitrogens with zero attached hydrogens (tertiary/aromatic N) is 5. The van der Waals surface area contributed by atoms with Crippen molar-refractivity contribution in [2.24, 2.45) is 7.05 Å². The summed E-state index contributed by atoms with van der Waals surface area (Å²) in [6.07, 6.45) is 3.51. The molecule has 4 rings (SSSR count). The highest BCUT2D eigenvalue weighted by atomic mass is 16.2. The van der Waals surface area contributed by atoms with Crippen LogP contribution in [0.15, 0.2) is 46.1 Å². The van der Waals surface area contributed by atoms with Gasteiger partial charge in [-0.25, -0.2) is 4.79 Å². The molecule has 3 aromatic heterocycles. The van der Waals surface area contributed by atoms with E-state index in [1.807, 2.05) is 47.9 Å². The molecular weight excluding hydrogens is 354 g/mol. The van der Waals surface area contributed by atoms with Gasteiger partial charge in [-0.1, -0.05) is 37.3 Å². The first-order valence-corrected chi connectivity index (χ1v) is 9.67. The molecule has 7 heteroatoms. The minimum absolute atomic E-state index is 0.256. The Morgan fingerprint density at radius 3 is 2.54 bits per heavy atom. The first kappa shape index (κ1) is 18.3. The van der Waals surface area contributed by atoms with Crippen LogP contribution in [0.3, 0.4) is 0 Å². The van der Waals surface area contributed by atoms with Crippen LogP contribution in [-0.4, -0.2) is 23.1 Å². The fourth-order valence-electron chi connectivity index (χ4n) is 3.84. The van der Waals surface area contributed by atoms with E-state index in [2.05, 4.69) is 23.4 Å². The van der Waals surface area contributed by atoms with Crippen molar-refractivity contribution in [3.63, 3.8) is 0 Å². The molecule has 0 aliphatic carbocycles. The Balaban J connectivity index is 1.92. The van der Waals surface area contributed by atoms with Gasteiger partial charge in [-0.2, -0.15) is 4.98 Å². The molecule has 0 radical (unpaired) electrons. The normalized spacial score (nSPS) is 12.9. The molecule has 3 heterocycles. The molecule has 7 nitrogen and oxygen atoms in total. The van der Waals surface area contributed by atoms with Crippen molar-refractivity contribution in [3.8, 4) is 0 Å². The smallest absolute Gasteiger partial charge is 0.311 e. The molecule has 0 N–H and O–H groups in total. The van der Waals surface area contributed by atoms with Gasteiger partial charge in [0.15, 0.2) is 11.2 Å². The first-order chi connectivity index (χ1) is 13.4. The van der Waals surface area contributed by atoms with E-state index in [1.165, 1.54) is 9.13 Å². The predicted octanol–water partition coefficient (Wildman–Crippen LogP) is 2.67. The average molecular weight is 379 g/mol. The summed E-state index contributed by atoms with van der Waals surface area (Å²) in [4.78, 5) is 30.7. The lowest BCUT2D eigenvalue weighted by molar-refractivity contribution is 0.532. The maximum Gasteiger partial charge on any atom is 0.332 e. The summed E-state index contributed by atoms with van der Waals surface area (Å²) in [6, 6.07) is 10.1. The monoisotopic (exact) mass is 379 g/mol. The standard InChI is InChI=1S/C21H25N5O2/c1-5-14(2)26-15(3)13-25-17-18(22-20(25)26)23(4)21(28)24(19(17)27)12-11-16-9-7-6-8-10-16/h6-10,13-14H,5,11-12H2,1-4H3/t14-/m1/s1. The molecule has 1 atom stereocenters. The summed E-state index contributed by atoms with van der Waals surface area (Å²) in [7, 11) is 1.68. The Morgan fingerprint density at radius 2 is 1.86 bits per heavy atom. The zero-order valence-electron chi connectivity index (χ0n) is 16.7. The molecular formula is C21H25N5O2. The molecule has 0 bridgehead atoms. The van der Waals surface area contributed by atoms with Crippen molar-refractivity contribution in [3.05, 3.63) is 68.6 Å². The number of hydrogen-bond acceptors (Lipinski definition) is 3. The first-order valence-electron chi connectivity index (χ1n) is 9.67. The van der Waals surface area contributed by atoms with Crippen LogP contribution in [0.5, 0.6) is 0 Å². The summed E-state index contributed by atoms with van der Waals surface area (Å²) in [5, 5.41) is 0. The van der Waals surface area contributed by atoms with Crippen molar-refractivity contribution in [1.29, 1.82) is 0 Å². The van der Waals surface area contributed by atoms with Crippen LogP contribution in [0.2, 0.25) is 0 Å². The predicted molar refractivity (Wildman–Crippen MR) is 110 cm³/mol. The minimum Gasteiger partial charge on any atom is -0.311 e. The van der Waals surface area contributed by atoms with Crippen LogP contribution in [0.25, 0.3) is 16.9 Å². The lowest BCUT2D eigenvalue weighted by Gasteiger charge is -2.12. The van der Waals surface area contributed by atoms with Gasteiger partial charge in [0.2, 0.25) is 5.78 Å². The van der Waals surface area contributed by atoms with Gasteiger partial charge in [0.1, 0.15) is 0 Å². The third-order valence-corrected chi connectivity index (χ3v) is 5.57. The second kappa shape index (κ2) is 6.82. The van der Waals surface area contributed by atoms with E-state index in [0.29, 0.717) is 29.9 Å². The van der Waals surface area contributed by atoms with Gasteiger partial charge in [0, 0.05) is 31.5 Å². The number of aromatic nitrogens is 5. The van der Waals surface area contributed by atoms with Crippen LogP contribution in [0.4, 0.5) is 0 Å². The molecule has 0 aliphatic heterocycles. The van der Waals surface area contributed by atoms with E-state index in [9.17, 15) is 9.59 Å². The highest BCUT2D eigenvalue weighted by Gasteiger charge is 2.21. The molecule has 0 amide bonds. The third-order valence-electron chi connectivity index (χ3n) is 5.57. The summed E-state index contributed by atoms with van der Waals surface area (Å²) in [6.45, 7) is 6.60. The quantitative estimate of drug-likeness (QED) is 0.535. The van der Waals surface area contributed by atoms with E-state index in [1.54, 1.807) is 7.05 Å². The minimum atomic E-state index is -0.332. The van der Waals surface area contributed by atoms with E-state index in [-0.39, 0.29) is 17.3 Å². The SMILES string of the molecule is CC[C@@H](C)n1c(C)cn2c3c(=O)n(CCc4ccccc4)c(=O)n(C)c3nc12. The Hall–Kier alpha value is -3.09. The highest BCUT2D eigenvalue weighted by Crippen LogP contribution is 2.22. The maximum absolute atomic E-state index is 13.2. The number of aryl methyl sites for hydroxylation is 3. The van der Waals surface area contributed by atoms with Crippen LogP contribution < -0.4 is 11.2 Å². The van der Waals surface area contributed by atoms with Crippen molar-refractivity contribution in [2.45, 2.75) is 46.2 Å². The fraction of sp³-hybridized carbons (Fsp3) is 0.381. The Bertz CT molecular complexity index is 1270. The molecule has 0 saturated carbocycles. The van der Waals surface area contributed by atoms with Crippen LogP contribution in [0.1, 0.15) is 37.6 Å². The van der Waals surface area contributed by atoms with E-state index in [4.69, 9.17) is 0 Å². The second-order valence-corrected chi connectivity index (χ2v) is 7.39. The van der Waals surface area contributed by atoms with Gasteiger partial charge in [-0.3, -0.25) is 18.3 Å². The van der Waals surface area contributed by atoms with Gasteiger partial charge in [-0.05, 0) is 32.3 Å². The zero-order chi connectivity index (χ0) is 20.0. The number of rotatable bonds is 5. The topological polar surface area (TPSA) is 66.2 Å². The molecule has 0 fully saturated rings. The fourth-order valence-corrected chi connectivity index (χ4v) is 3.84. The molecule has 4 aromatic rings. The van der Waals surface area contributed by atoms with Gasteiger partial charge in [0.25, 0.3) is 5.56 Å². The number of imidazole rings is 2. The molecule has 0 aliphatic rings. The Kier molecular flexibility index (Phi) is 4.45. The summed E-state index contributed by atoms with van der Waals surface area (Å²) < 4.78 is 6.75. The van der Waals surface area contributed by atoms with E-state index in [0.717, 1.165) is 17.7 Å². The molecule has 1 aromatic carbocycles. The van der Waals surface area contributed by atoms with Gasteiger partial charge >= 0.3 is 5.69 Å². The summed E-state index contributed by atoms with van der Waals surface area (Å²) >= 11 is 0. The van der Waals surface area contributed by atoms with Gasteiger partial charge in [-0.15, -0.1) is 0 Å². The van der Waals surface area contributed by atoms with Crippen LogP contribution >= 0.6 is 0 Å². The molecule has 0 saturated heterocycles. The van der Waals surface area contributed by atoms with E-state index < -0.39 is 0 Å². The molecule has 28 heavy (non-hydrogen) atoms. The van der Waals surface area contributed by atoms with Crippen molar-refractivity contribution >= 4 is 16.9 Å². The molecule has 0 unspecified atom stereocenters. The van der Waals surface area contributed by atoms with Crippen molar-refractivity contribution < 1.29 is 0 Å². The lowest BCUT2D eigenvalue weighted by atomic mass is 10.1. The molecule has 0 spiro atoms. The molecule has 146 valence electrons. The van der Waals surface area contributed by atoms with Crippen molar-refractivity contribution in [1.82, 2.24) is 23.1 Å². The zero-order valence-corrected chi connectivity index (χ0v) is 16.7. The lowest BCUT2D eigenvalue weighted by Crippen LogP contribution is -2.39. The van der Waals surface area contributed by atoms with Gasteiger partial charge in [0.05, 0.1) is 0 Å². The Labute approximate surface area is 162 Å². The third kappa shape index (κ3) is 2.69. The largest absolute Gasteiger partial charge is 0.332 e. The van der Waals surface area contributed by atoms with Crippen molar-refractivity contribution in [2.75, 3.05) is 0 Å². The number of hydrogen-bond donors (Lipinski definition) is 0. The second-order valence-electron chi connectivity index (χ2n) is 7.39. The average Bonchev–Trinajstić information content (AvgIpc) is 3.21. The van der Waals surface area contributed by atoms with Gasteiger partial charge < -0.3 is 4.57 Å². The maximum atomic E-state index is 13.2. The number of benzene rings is 1. The summed E-state index contributed by atoms with van der Waals surface area (Å²) in [5.74, 6) is 0.703. The van der Waals surface area contributed by atoms with Crippen LogP contribution in [0, 0.1) is 6.92 Å². The highest BCUT2D eigenvalue weighted by molar-refractivity contribution is 5.75.